The van der Waals surface area contributed by atoms with Crippen molar-refractivity contribution in [3.63, 3.8) is 0 Å². The Morgan fingerprint density at radius 3 is 2.93 bits per heavy atom. The van der Waals surface area contributed by atoms with E-state index in [1.165, 1.54) is 0 Å². The van der Waals surface area contributed by atoms with Gasteiger partial charge in [0.1, 0.15) is 0 Å². The molecule has 0 unspecified atom stereocenters. The zero-order valence-corrected chi connectivity index (χ0v) is 8.89. The summed E-state index contributed by atoms with van der Waals surface area (Å²) < 4.78 is 5.26. The van der Waals surface area contributed by atoms with Gasteiger partial charge in [-0.3, -0.25) is 4.79 Å². The molecule has 0 amide bonds. The van der Waals surface area contributed by atoms with Crippen LogP contribution in [-0.4, -0.2) is 19.0 Å². The van der Waals surface area contributed by atoms with Crippen LogP contribution in [0.2, 0.25) is 0 Å². The van der Waals surface area contributed by atoms with Crippen molar-refractivity contribution in [2.75, 3.05) is 13.2 Å². The van der Waals surface area contributed by atoms with Gasteiger partial charge >= 0.3 is 0 Å². The molecule has 0 spiro atoms. The second-order valence-electron chi connectivity index (χ2n) is 3.70. The number of ether oxygens (including phenoxy) is 1. The standard InChI is InChI=1S/C11H14O2S/c12-11(10-3-6-14-8-10)7-9-1-4-13-5-2-9/h3,6,8-9H,1-2,4-5,7H2. The fraction of sp³-hybridized carbons (Fsp3) is 0.545. The fourth-order valence-electron chi connectivity index (χ4n) is 1.75. The van der Waals surface area contributed by atoms with Crippen LogP contribution in [0.1, 0.15) is 29.6 Å². The maximum Gasteiger partial charge on any atom is 0.163 e. The van der Waals surface area contributed by atoms with Crippen LogP contribution < -0.4 is 0 Å². The smallest absolute Gasteiger partial charge is 0.163 e. The summed E-state index contributed by atoms with van der Waals surface area (Å²) in [6.07, 6.45) is 2.77. The second kappa shape index (κ2) is 4.71. The van der Waals surface area contributed by atoms with Crippen LogP contribution >= 0.6 is 11.3 Å². The Bertz CT molecular complexity index is 286. The molecule has 2 heterocycles. The fourth-order valence-corrected chi connectivity index (χ4v) is 2.41. The van der Waals surface area contributed by atoms with Crippen LogP contribution in [0.4, 0.5) is 0 Å². The molecular weight excluding hydrogens is 196 g/mol. The lowest BCUT2D eigenvalue weighted by Crippen LogP contribution is -2.18. The minimum atomic E-state index is 0.290. The summed E-state index contributed by atoms with van der Waals surface area (Å²) in [6, 6.07) is 1.91. The van der Waals surface area contributed by atoms with Crippen molar-refractivity contribution in [2.45, 2.75) is 19.3 Å². The lowest BCUT2D eigenvalue weighted by atomic mass is 9.93. The van der Waals surface area contributed by atoms with E-state index >= 15 is 0 Å². The van der Waals surface area contributed by atoms with E-state index in [0.717, 1.165) is 31.6 Å². The monoisotopic (exact) mass is 210 g/mol. The molecule has 1 fully saturated rings. The van der Waals surface area contributed by atoms with Crippen LogP contribution in [0.25, 0.3) is 0 Å². The van der Waals surface area contributed by atoms with Crippen LogP contribution in [0.5, 0.6) is 0 Å². The van der Waals surface area contributed by atoms with Gasteiger partial charge in [-0.15, -0.1) is 0 Å². The maximum atomic E-state index is 11.7. The molecule has 1 saturated heterocycles. The molecule has 1 aromatic heterocycles. The summed E-state index contributed by atoms with van der Waals surface area (Å²) in [6.45, 7) is 1.64. The molecule has 14 heavy (non-hydrogen) atoms. The van der Waals surface area contributed by atoms with E-state index in [-0.39, 0.29) is 5.78 Å². The van der Waals surface area contributed by atoms with Gasteiger partial charge in [-0.2, -0.15) is 11.3 Å². The molecule has 0 saturated carbocycles. The molecule has 3 heteroatoms. The summed E-state index contributed by atoms with van der Waals surface area (Å²) in [5.41, 5.74) is 0.876. The summed E-state index contributed by atoms with van der Waals surface area (Å²) in [5.74, 6) is 0.828. The first-order valence-corrected chi connectivity index (χ1v) is 5.93. The predicted molar refractivity (Wildman–Crippen MR) is 56.8 cm³/mol. The Morgan fingerprint density at radius 2 is 2.29 bits per heavy atom. The van der Waals surface area contributed by atoms with Gasteiger partial charge in [0.15, 0.2) is 5.78 Å². The third-order valence-electron chi connectivity index (χ3n) is 2.66. The normalized spacial score (nSPS) is 18.3. The van der Waals surface area contributed by atoms with Gasteiger partial charge in [-0.1, -0.05) is 0 Å². The summed E-state index contributed by atoms with van der Waals surface area (Å²) in [7, 11) is 0. The minimum absolute atomic E-state index is 0.290. The largest absolute Gasteiger partial charge is 0.381 e. The van der Waals surface area contributed by atoms with E-state index in [2.05, 4.69) is 0 Å². The van der Waals surface area contributed by atoms with Gasteiger partial charge in [0, 0.05) is 30.6 Å². The maximum absolute atomic E-state index is 11.7. The first-order chi connectivity index (χ1) is 6.86. The van der Waals surface area contributed by atoms with E-state index in [9.17, 15) is 4.79 Å². The molecule has 1 aromatic rings. The Kier molecular flexibility index (Phi) is 3.32. The number of rotatable bonds is 3. The van der Waals surface area contributed by atoms with Crippen LogP contribution in [0, 0.1) is 5.92 Å². The SMILES string of the molecule is O=C(CC1CCOCC1)c1ccsc1. The third kappa shape index (κ3) is 2.42. The molecule has 1 aliphatic heterocycles. The van der Waals surface area contributed by atoms with Crippen molar-refractivity contribution < 1.29 is 9.53 Å². The zero-order valence-electron chi connectivity index (χ0n) is 8.07. The Hall–Kier alpha value is -0.670. The first kappa shape index (κ1) is 9.87. The molecule has 76 valence electrons. The first-order valence-electron chi connectivity index (χ1n) is 4.99. The number of ketones is 1. The van der Waals surface area contributed by atoms with Gasteiger partial charge in [0.25, 0.3) is 0 Å². The number of Topliss-reactive ketones (excluding diaryl/α,β-unsaturated/α-hetero) is 1. The second-order valence-corrected chi connectivity index (χ2v) is 4.48. The van der Waals surface area contributed by atoms with Crippen molar-refractivity contribution in [3.05, 3.63) is 22.4 Å². The summed E-state index contributed by atoms with van der Waals surface area (Å²) in [4.78, 5) is 11.7. The zero-order chi connectivity index (χ0) is 9.80. The van der Waals surface area contributed by atoms with Crippen molar-refractivity contribution in [1.29, 1.82) is 0 Å². The van der Waals surface area contributed by atoms with E-state index in [1.54, 1.807) is 11.3 Å². The highest BCUT2D eigenvalue weighted by Gasteiger charge is 2.18. The molecule has 0 radical (unpaired) electrons. The Balaban J connectivity index is 1.87. The van der Waals surface area contributed by atoms with Gasteiger partial charge < -0.3 is 4.74 Å². The Labute approximate surface area is 87.9 Å². The van der Waals surface area contributed by atoms with Gasteiger partial charge in [0.05, 0.1) is 0 Å². The molecular formula is C11H14O2S. The Morgan fingerprint density at radius 1 is 1.50 bits per heavy atom. The predicted octanol–water partition coefficient (Wildman–Crippen LogP) is 2.75. The average molecular weight is 210 g/mol. The lowest BCUT2D eigenvalue weighted by Gasteiger charge is -2.20. The molecule has 0 N–H and O–H groups in total. The van der Waals surface area contributed by atoms with Crippen molar-refractivity contribution in [3.8, 4) is 0 Å². The molecule has 0 atom stereocenters. The van der Waals surface area contributed by atoms with Gasteiger partial charge in [-0.05, 0) is 30.2 Å². The van der Waals surface area contributed by atoms with Crippen LogP contribution in [0.3, 0.4) is 0 Å². The number of carbonyl (C=O) groups is 1. The lowest BCUT2D eigenvalue weighted by molar-refractivity contribution is 0.0601. The van der Waals surface area contributed by atoms with Crippen molar-refractivity contribution in [1.82, 2.24) is 0 Å². The minimum Gasteiger partial charge on any atom is -0.381 e. The quantitative estimate of drug-likeness (QED) is 0.717. The summed E-state index contributed by atoms with van der Waals surface area (Å²) >= 11 is 1.58. The highest BCUT2D eigenvalue weighted by Crippen LogP contribution is 2.21. The molecule has 2 nitrogen and oxygen atoms in total. The number of thiophene rings is 1. The van der Waals surface area contributed by atoms with Gasteiger partial charge in [0.2, 0.25) is 0 Å². The molecule has 0 aromatic carbocycles. The van der Waals surface area contributed by atoms with E-state index in [0.29, 0.717) is 12.3 Å². The van der Waals surface area contributed by atoms with E-state index < -0.39 is 0 Å². The topological polar surface area (TPSA) is 26.3 Å². The van der Waals surface area contributed by atoms with Gasteiger partial charge in [-0.25, -0.2) is 0 Å². The molecule has 0 aliphatic carbocycles. The molecule has 2 rings (SSSR count). The van der Waals surface area contributed by atoms with Crippen LogP contribution in [-0.2, 0) is 4.74 Å². The molecule has 1 aliphatic rings. The third-order valence-corrected chi connectivity index (χ3v) is 3.34. The molecule has 0 bridgehead atoms. The number of hydrogen-bond donors (Lipinski definition) is 0. The van der Waals surface area contributed by atoms with E-state index in [4.69, 9.17) is 4.74 Å². The van der Waals surface area contributed by atoms with Crippen molar-refractivity contribution >= 4 is 17.1 Å². The highest BCUT2D eigenvalue weighted by molar-refractivity contribution is 7.08. The average Bonchev–Trinajstić information content (AvgIpc) is 2.72. The number of hydrogen-bond acceptors (Lipinski definition) is 3. The van der Waals surface area contributed by atoms with Crippen molar-refractivity contribution in [2.24, 2.45) is 5.92 Å². The van der Waals surface area contributed by atoms with Crippen LogP contribution in [0.15, 0.2) is 16.8 Å². The summed E-state index contributed by atoms with van der Waals surface area (Å²) in [5, 5.41) is 3.89. The highest BCUT2D eigenvalue weighted by atomic mass is 32.1. The van der Waals surface area contributed by atoms with E-state index in [1.807, 2.05) is 16.8 Å². The number of carbonyl (C=O) groups excluding carboxylic acids is 1.